The highest BCUT2D eigenvalue weighted by atomic mass is 35.5. The third-order valence-electron chi connectivity index (χ3n) is 1.36. The number of rotatable bonds is 1. The largest absolute Gasteiger partial charge is 0.294 e. The average Bonchev–Trinajstić information content (AvgIpc) is 2.21. The normalized spacial score (nSPS) is 8.25. The molecule has 92 valence electrons. The van der Waals surface area contributed by atoms with E-state index >= 15 is 0 Å². The lowest BCUT2D eigenvalue weighted by atomic mass is 10.1. The molecule has 0 saturated heterocycles. The predicted octanol–water partition coefficient (Wildman–Crippen LogP) is 4.87. The van der Waals surface area contributed by atoms with Crippen molar-refractivity contribution in [1.29, 1.82) is 0 Å². The Balaban J connectivity index is 0. The first-order valence-electron chi connectivity index (χ1n) is 5.18. The van der Waals surface area contributed by atoms with Crippen LogP contribution in [0.5, 0.6) is 0 Å². The Bertz CT molecular complexity index is 315. The molecule has 1 aromatic rings. The van der Waals surface area contributed by atoms with Gasteiger partial charge in [0.1, 0.15) is 11.6 Å². The van der Waals surface area contributed by atoms with E-state index in [2.05, 4.69) is 0 Å². The van der Waals surface area contributed by atoms with Crippen LogP contribution in [0.1, 0.15) is 45.0 Å². The van der Waals surface area contributed by atoms with Crippen LogP contribution >= 0.6 is 11.6 Å². The van der Waals surface area contributed by atoms with Gasteiger partial charge in [-0.15, -0.1) is 0 Å². The second kappa shape index (κ2) is 9.28. The lowest BCUT2D eigenvalue weighted by Gasteiger charge is -2.00. The van der Waals surface area contributed by atoms with E-state index in [4.69, 9.17) is 11.6 Å². The molecular formula is C12H17ClF2O. The van der Waals surface area contributed by atoms with Crippen molar-refractivity contribution < 1.29 is 13.6 Å². The minimum absolute atomic E-state index is 0.0602. The van der Waals surface area contributed by atoms with Gasteiger partial charge in [-0.05, 0) is 19.1 Å². The Labute approximate surface area is 100 Å². The molecule has 0 atom stereocenters. The Morgan fingerprint density at radius 1 is 1.06 bits per heavy atom. The van der Waals surface area contributed by atoms with Gasteiger partial charge in [-0.3, -0.25) is 4.79 Å². The Kier molecular flexibility index (Phi) is 10.1. The van der Waals surface area contributed by atoms with Crippen molar-refractivity contribution >= 4 is 17.4 Å². The number of hydrogen-bond donors (Lipinski definition) is 0. The van der Waals surface area contributed by atoms with Crippen molar-refractivity contribution in [3.63, 3.8) is 0 Å². The van der Waals surface area contributed by atoms with Crippen LogP contribution in [0.2, 0.25) is 5.02 Å². The van der Waals surface area contributed by atoms with Gasteiger partial charge in [-0.1, -0.05) is 39.3 Å². The highest BCUT2D eigenvalue weighted by Crippen LogP contribution is 2.18. The average molecular weight is 251 g/mol. The van der Waals surface area contributed by atoms with Gasteiger partial charge in [-0.2, -0.15) is 0 Å². The zero-order valence-electron chi connectivity index (χ0n) is 10.2. The molecule has 0 bridgehead atoms. The van der Waals surface area contributed by atoms with Gasteiger partial charge in [0.05, 0.1) is 5.56 Å². The smallest absolute Gasteiger partial charge is 0.165 e. The molecule has 0 aliphatic rings. The lowest BCUT2D eigenvalue weighted by molar-refractivity contribution is 0.101. The maximum atomic E-state index is 12.8. The Hall–Kier alpha value is -0.960. The maximum Gasteiger partial charge on any atom is 0.165 e. The fourth-order valence-corrected chi connectivity index (χ4v) is 1.07. The summed E-state index contributed by atoms with van der Waals surface area (Å²) in [6.45, 7) is 9.09. The molecule has 0 N–H and O–H groups in total. The standard InChI is InChI=1S/C8H5ClF2O.2C2H6/c1-4(12)8-6(10)2-5(9)3-7(8)11;2*1-2/h2-3H,1H3;2*1-2H3. The van der Waals surface area contributed by atoms with Gasteiger partial charge in [0.2, 0.25) is 0 Å². The van der Waals surface area contributed by atoms with Crippen LogP contribution in [0.3, 0.4) is 0 Å². The number of carbonyl (C=O) groups is 1. The first kappa shape index (κ1) is 17.4. The summed E-state index contributed by atoms with van der Waals surface area (Å²) in [5.74, 6) is -2.50. The fraction of sp³-hybridized carbons (Fsp3) is 0.417. The molecule has 0 aliphatic heterocycles. The van der Waals surface area contributed by atoms with Crippen molar-refractivity contribution in [2.75, 3.05) is 0 Å². The minimum atomic E-state index is -0.924. The summed E-state index contributed by atoms with van der Waals surface area (Å²) in [6, 6.07) is 1.81. The number of benzene rings is 1. The molecule has 0 aliphatic carbocycles. The van der Waals surface area contributed by atoms with Crippen LogP contribution in [0.4, 0.5) is 8.78 Å². The molecule has 1 nitrogen and oxygen atoms in total. The molecule has 0 amide bonds. The van der Waals surface area contributed by atoms with Crippen molar-refractivity contribution in [3.05, 3.63) is 34.4 Å². The zero-order valence-corrected chi connectivity index (χ0v) is 11.0. The van der Waals surface area contributed by atoms with Gasteiger partial charge in [0, 0.05) is 5.02 Å². The van der Waals surface area contributed by atoms with E-state index in [1.54, 1.807) is 0 Å². The van der Waals surface area contributed by atoms with Crippen LogP contribution in [-0.4, -0.2) is 5.78 Å². The van der Waals surface area contributed by atoms with Crippen LogP contribution in [-0.2, 0) is 0 Å². The SMILES string of the molecule is CC.CC.CC(=O)c1c(F)cc(Cl)cc1F. The van der Waals surface area contributed by atoms with Crippen molar-refractivity contribution in [1.82, 2.24) is 0 Å². The third-order valence-corrected chi connectivity index (χ3v) is 1.58. The van der Waals surface area contributed by atoms with Crippen LogP contribution < -0.4 is 0 Å². The van der Waals surface area contributed by atoms with Gasteiger partial charge in [-0.25, -0.2) is 8.78 Å². The zero-order chi connectivity index (χ0) is 13.3. The van der Waals surface area contributed by atoms with E-state index < -0.39 is 23.0 Å². The van der Waals surface area contributed by atoms with Crippen LogP contribution in [0.25, 0.3) is 0 Å². The van der Waals surface area contributed by atoms with Crippen molar-refractivity contribution in [3.8, 4) is 0 Å². The summed E-state index contributed by atoms with van der Waals surface area (Å²) in [5.41, 5.74) is -0.542. The molecule has 0 unspecified atom stereocenters. The van der Waals surface area contributed by atoms with E-state index in [-0.39, 0.29) is 5.02 Å². The van der Waals surface area contributed by atoms with E-state index in [0.29, 0.717) is 0 Å². The van der Waals surface area contributed by atoms with Crippen LogP contribution in [0, 0.1) is 11.6 Å². The number of hydrogen-bond acceptors (Lipinski definition) is 1. The molecular weight excluding hydrogens is 234 g/mol. The minimum Gasteiger partial charge on any atom is -0.294 e. The fourth-order valence-electron chi connectivity index (χ4n) is 0.879. The number of ketones is 1. The monoisotopic (exact) mass is 250 g/mol. The molecule has 0 heterocycles. The van der Waals surface area contributed by atoms with Crippen LogP contribution in [0.15, 0.2) is 12.1 Å². The summed E-state index contributed by atoms with van der Waals surface area (Å²) in [5, 5.41) is -0.0602. The van der Waals surface area contributed by atoms with E-state index in [1.807, 2.05) is 27.7 Å². The molecule has 4 heteroatoms. The van der Waals surface area contributed by atoms with Gasteiger partial charge >= 0.3 is 0 Å². The lowest BCUT2D eigenvalue weighted by Crippen LogP contribution is -2.01. The number of Topliss-reactive ketones (excluding diaryl/α,β-unsaturated/α-hetero) is 1. The number of halogens is 3. The second-order valence-corrected chi connectivity index (χ2v) is 2.74. The van der Waals surface area contributed by atoms with Gasteiger partial charge < -0.3 is 0 Å². The molecule has 0 radical (unpaired) electrons. The van der Waals surface area contributed by atoms with Gasteiger partial charge in [0.25, 0.3) is 0 Å². The summed E-state index contributed by atoms with van der Waals surface area (Å²) >= 11 is 5.34. The summed E-state index contributed by atoms with van der Waals surface area (Å²) in [4.78, 5) is 10.7. The van der Waals surface area contributed by atoms with E-state index in [9.17, 15) is 13.6 Å². The van der Waals surface area contributed by atoms with E-state index in [1.165, 1.54) is 0 Å². The van der Waals surface area contributed by atoms with Crippen molar-refractivity contribution in [2.24, 2.45) is 0 Å². The topological polar surface area (TPSA) is 17.1 Å². The maximum absolute atomic E-state index is 12.8. The Morgan fingerprint density at radius 3 is 1.62 bits per heavy atom. The van der Waals surface area contributed by atoms with E-state index in [0.717, 1.165) is 19.1 Å². The second-order valence-electron chi connectivity index (χ2n) is 2.30. The summed E-state index contributed by atoms with van der Waals surface area (Å²) < 4.78 is 25.6. The van der Waals surface area contributed by atoms with Gasteiger partial charge in [0.15, 0.2) is 5.78 Å². The molecule has 0 aromatic heterocycles. The third kappa shape index (κ3) is 5.21. The first-order chi connectivity index (χ1) is 7.52. The molecule has 16 heavy (non-hydrogen) atoms. The molecule has 1 aromatic carbocycles. The first-order valence-corrected chi connectivity index (χ1v) is 5.55. The summed E-state index contributed by atoms with van der Waals surface area (Å²) in [6.07, 6.45) is 0. The number of carbonyl (C=O) groups excluding carboxylic acids is 1. The quantitative estimate of drug-likeness (QED) is 0.650. The summed E-state index contributed by atoms with van der Waals surface area (Å²) in [7, 11) is 0. The molecule has 0 spiro atoms. The highest BCUT2D eigenvalue weighted by Gasteiger charge is 2.13. The molecule has 0 fully saturated rings. The highest BCUT2D eigenvalue weighted by molar-refractivity contribution is 6.30. The molecule has 1 rings (SSSR count). The van der Waals surface area contributed by atoms with Crippen molar-refractivity contribution in [2.45, 2.75) is 34.6 Å². The predicted molar refractivity (Wildman–Crippen MR) is 64.1 cm³/mol. The Morgan fingerprint density at radius 2 is 1.38 bits per heavy atom. The molecule has 0 saturated carbocycles.